The average molecular weight is 281 g/mol. The van der Waals surface area contributed by atoms with Crippen molar-refractivity contribution in [3.05, 3.63) is 35.9 Å². The number of hydrogen-bond donors (Lipinski definition) is 2. The fourth-order valence-electron chi connectivity index (χ4n) is 1.97. The molecule has 0 aromatic heterocycles. The van der Waals surface area contributed by atoms with Crippen LogP contribution in [-0.4, -0.2) is 44.6 Å². The fraction of sp³-hybridized carbons (Fsp3) is 0.625. The molecule has 1 rings (SSSR count). The van der Waals surface area contributed by atoms with E-state index < -0.39 is 6.10 Å². The smallest absolute Gasteiger partial charge is 0.0897 e. The number of aliphatic hydroxyl groups excluding tert-OH is 1. The highest BCUT2D eigenvalue weighted by Gasteiger charge is 2.10. The van der Waals surface area contributed by atoms with Gasteiger partial charge >= 0.3 is 0 Å². The van der Waals surface area contributed by atoms with Crippen LogP contribution in [0, 0.1) is 5.92 Å². The Kier molecular flexibility index (Phi) is 8.46. The molecule has 0 saturated carbocycles. The molecule has 4 heteroatoms. The van der Waals surface area contributed by atoms with Gasteiger partial charge in [-0.25, -0.2) is 0 Å². The summed E-state index contributed by atoms with van der Waals surface area (Å²) >= 11 is 0. The van der Waals surface area contributed by atoms with Crippen molar-refractivity contribution in [3.8, 4) is 0 Å². The van der Waals surface area contributed by atoms with Crippen molar-refractivity contribution in [2.45, 2.75) is 26.1 Å². The van der Waals surface area contributed by atoms with Crippen LogP contribution in [0.1, 0.15) is 25.5 Å². The van der Waals surface area contributed by atoms with Gasteiger partial charge in [-0.1, -0.05) is 37.3 Å². The predicted octanol–water partition coefficient (Wildman–Crippen LogP) is 2.00. The zero-order valence-corrected chi connectivity index (χ0v) is 12.7. The van der Waals surface area contributed by atoms with Crippen LogP contribution in [0.2, 0.25) is 0 Å². The molecule has 0 aliphatic heterocycles. The van der Waals surface area contributed by atoms with Crippen molar-refractivity contribution < 1.29 is 14.6 Å². The lowest BCUT2D eigenvalue weighted by atomic mass is 10.1. The second-order valence-corrected chi connectivity index (χ2v) is 5.26. The first kappa shape index (κ1) is 17.1. The van der Waals surface area contributed by atoms with E-state index in [4.69, 9.17) is 9.47 Å². The largest absolute Gasteiger partial charge is 0.389 e. The number of methoxy groups -OCH3 is 1. The molecule has 0 saturated heterocycles. The van der Waals surface area contributed by atoms with Crippen LogP contribution >= 0.6 is 0 Å². The lowest BCUT2D eigenvalue weighted by Crippen LogP contribution is -2.34. The summed E-state index contributed by atoms with van der Waals surface area (Å²) in [6, 6.07) is 10.0. The fourth-order valence-corrected chi connectivity index (χ4v) is 1.97. The molecular formula is C16H27NO3. The Bertz CT molecular complexity index is 345. The number of nitrogens with one attached hydrogen (secondary N) is 1. The van der Waals surface area contributed by atoms with Crippen LogP contribution in [0.15, 0.2) is 30.3 Å². The highest BCUT2D eigenvalue weighted by Crippen LogP contribution is 2.15. The van der Waals surface area contributed by atoms with Crippen LogP contribution in [0.4, 0.5) is 0 Å². The highest BCUT2D eigenvalue weighted by molar-refractivity contribution is 5.16. The van der Waals surface area contributed by atoms with Crippen LogP contribution in [0.5, 0.6) is 0 Å². The van der Waals surface area contributed by atoms with Crippen molar-refractivity contribution in [3.63, 3.8) is 0 Å². The lowest BCUT2D eigenvalue weighted by Gasteiger charge is -2.18. The molecule has 0 aliphatic rings. The zero-order valence-electron chi connectivity index (χ0n) is 12.7. The molecule has 0 radical (unpaired) electrons. The van der Waals surface area contributed by atoms with Gasteiger partial charge in [-0.05, 0) is 24.9 Å². The molecule has 0 amide bonds. The minimum atomic E-state index is -0.490. The van der Waals surface area contributed by atoms with Crippen molar-refractivity contribution in [2.24, 2.45) is 5.92 Å². The quantitative estimate of drug-likeness (QED) is 0.689. The molecular weight excluding hydrogens is 254 g/mol. The monoisotopic (exact) mass is 281 g/mol. The maximum absolute atomic E-state index is 9.87. The van der Waals surface area contributed by atoms with E-state index in [1.807, 2.05) is 37.3 Å². The first-order valence-corrected chi connectivity index (χ1v) is 7.17. The average Bonchev–Trinajstić information content (AvgIpc) is 2.46. The molecule has 0 bridgehead atoms. The third-order valence-corrected chi connectivity index (χ3v) is 3.13. The van der Waals surface area contributed by atoms with E-state index in [-0.39, 0.29) is 6.10 Å². The lowest BCUT2D eigenvalue weighted by molar-refractivity contribution is -0.00245. The number of ether oxygens (including phenoxy) is 2. The topological polar surface area (TPSA) is 50.7 Å². The van der Waals surface area contributed by atoms with Gasteiger partial charge < -0.3 is 19.9 Å². The number of benzene rings is 1. The van der Waals surface area contributed by atoms with E-state index in [0.29, 0.717) is 19.1 Å². The molecule has 0 heterocycles. The minimum Gasteiger partial charge on any atom is -0.389 e. The van der Waals surface area contributed by atoms with Crippen LogP contribution < -0.4 is 5.32 Å². The minimum absolute atomic E-state index is 0.00161. The molecule has 0 fully saturated rings. The van der Waals surface area contributed by atoms with E-state index in [9.17, 15) is 5.11 Å². The summed E-state index contributed by atoms with van der Waals surface area (Å²) in [4.78, 5) is 0. The third-order valence-electron chi connectivity index (χ3n) is 3.13. The van der Waals surface area contributed by atoms with E-state index in [0.717, 1.165) is 18.7 Å². The van der Waals surface area contributed by atoms with E-state index in [1.165, 1.54) is 0 Å². The molecule has 3 unspecified atom stereocenters. The molecule has 3 atom stereocenters. The van der Waals surface area contributed by atoms with Gasteiger partial charge in [0.1, 0.15) is 0 Å². The van der Waals surface area contributed by atoms with E-state index in [1.54, 1.807) is 7.11 Å². The second kappa shape index (κ2) is 9.88. The number of aliphatic hydroxyl groups is 1. The summed E-state index contributed by atoms with van der Waals surface area (Å²) in [5, 5.41) is 13.1. The highest BCUT2D eigenvalue weighted by atomic mass is 16.5. The van der Waals surface area contributed by atoms with Crippen LogP contribution in [0.3, 0.4) is 0 Å². The first-order valence-electron chi connectivity index (χ1n) is 7.17. The van der Waals surface area contributed by atoms with Crippen molar-refractivity contribution in [2.75, 3.05) is 33.4 Å². The summed E-state index contributed by atoms with van der Waals surface area (Å²) in [6.07, 6.45) is -0.492. The summed E-state index contributed by atoms with van der Waals surface area (Å²) < 4.78 is 10.7. The molecule has 1 aromatic rings. The maximum Gasteiger partial charge on any atom is 0.0897 e. The molecule has 114 valence electrons. The standard InChI is InChI=1S/C16H27NO3/c1-13(11-19-3)9-17-10-16(18)12-20-14(2)15-7-5-4-6-8-15/h4-8,13-14,16-18H,9-12H2,1-3H3. The molecule has 1 aromatic carbocycles. The van der Waals surface area contributed by atoms with Crippen LogP contribution in [-0.2, 0) is 9.47 Å². The predicted molar refractivity (Wildman–Crippen MR) is 80.7 cm³/mol. The normalized spacial score (nSPS) is 15.8. The molecule has 0 aliphatic carbocycles. The van der Waals surface area contributed by atoms with Gasteiger partial charge in [0.05, 0.1) is 18.8 Å². The number of hydrogen-bond acceptors (Lipinski definition) is 4. The summed E-state index contributed by atoms with van der Waals surface area (Å²) in [6.45, 7) is 6.54. The Labute approximate surface area is 122 Å². The van der Waals surface area contributed by atoms with Crippen molar-refractivity contribution in [1.82, 2.24) is 5.32 Å². The summed E-state index contributed by atoms with van der Waals surface area (Å²) in [5.74, 6) is 0.441. The summed E-state index contributed by atoms with van der Waals surface area (Å²) in [5.41, 5.74) is 1.13. The molecule has 4 nitrogen and oxygen atoms in total. The van der Waals surface area contributed by atoms with E-state index in [2.05, 4.69) is 12.2 Å². The Morgan fingerprint density at radius 1 is 1.10 bits per heavy atom. The SMILES string of the molecule is COCC(C)CNCC(O)COC(C)c1ccccc1. The Balaban J connectivity index is 2.15. The summed E-state index contributed by atoms with van der Waals surface area (Å²) in [7, 11) is 1.70. The van der Waals surface area contributed by atoms with Gasteiger partial charge in [0, 0.05) is 20.3 Å². The van der Waals surface area contributed by atoms with Gasteiger partial charge in [0.25, 0.3) is 0 Å². The van der Waals surface area contributed by atoms with Gasteiger partial charge in [0.2, 0.25) is 0 Å². The van der Waals surface area contributed by atoms with Gasteiger partial charge in [0.15, 0.2) is 0 Å². The third kappa shape index (κ3) is 7.01. The van der Waals surface area contributed by atoms with Crippen LogP contribution in [0.25, 0.3) is 0 Å². The van der Waals surface area contributed by atoms with Gasteiger partial charge in [-0.2, -0.15) is 0 Å². The van der Waals surface area contributed by atoms with Crippen molar-refractivity contribution >= 4 is 0 Å². The molecule has 0 spiro atoms. The Morgan fingerprint density at radius 2 is 1.80 bits per heavy atom. The van der Waals surface area contributed by atoms with E-state index >= 15 is 0 Å². The first-order chi connectivity index (χ1) is 9.63. The maximum atomic E-state index is 9.87. The second-order valence-electron chi connectivity index (χ2n) is 5.26. The molecule has 20 heavy (non-hydrogen) atoms. The number of rotatable bonds is 10. The van der Waals surface area contributed by atoms with Gasteiger partial charge in [-0.15, -0.1) is 0 Å². The van der Waals surface area contributed by atoms with Crippen molar-refractivity contribution in [1.29, 1.82) is 0 Å². The van der Waals surface area contributed by atoms with Gasteiger partial charge in [-0.3, -0.25) is 0 Å². The molecule has 2 N–H and O–H groups in total. The Hall–Kier alpha value is -0.940. The Morgan fingerprint density at radius 3 is 2.45 bits per heavy atom. The zero-order chi connectivity index (χ0) is 14.8.